The van der Waals surface area contributed by atoms with Crippen molar-refractivity contribution in [3.05, 3.63) is 29.3 Å². The van der Waals surface area contributed by atoms with Crippen LogP contribution in [0.3, 0.4) is 0 Å². The fraction of sp³-hybridized carbons (Fsp3) is 0.400. The molecule has 0 aliphatic heterocycles. The van der Waals surface area contributed by atoms with Crippen molar-refractivity contribution < 1.29 is 9.90 Å². The first-order chi connectivity index (χ1) is 8.61. The number of hydrogen-bond acceptors (Lipinski definition) is 2. The van der Waals surface area contributed by atoms with Crippen LogP contribution in [0, 0.1) is 25.2 Å². The van der Waals surface area contributed by atoms with E-state index >= 15 is 0 Å². The van der Waals surface area contributed by atoms with Gasteiger partial charge in [-0.25, -0.2) is 0 Å². The lowest BCUT2D eigenvalue weighted by atomic mass is 10.1. The van der Waals surface area contributed by atoms with E-state index in [0.717, 1.165) is 18.4 Å². The van der Waals surface area contributed by atoms with Crippen LogP contribution in [0.25, 0.3) is 0 Å². The van der Waals surface area contributed by atoms with Crippen LogP contribution in [0.15, 0.2) is 18.2 Å². The molecule has 0 radical (unpaired) electrons. The molecule has 1 aliphatic carbocycles. The Morgan fingerprint density at radius 1 is 1.56 bits per heavy atom. The number of nitrogens with zero attached hydrogens (tertiary/aromatic N) is 1. The molecule has 1 fully saturated rings. The molecule has 3 nitrogen and oxygen atoms in total. The van der Waals surface area contributed by atoms with Crippen LogP contribution in [0.5, 0.6) is 5.75 Å². The van der Waals surface area contributed by atoms with Crippen molar-refractivity contribution in [3.8, 4) is 18.1 Å². The second-order valence-corrected chi connectivity index (χ2v) is 4.85. The number of rotatable bonds is 4. The highest BCUT2D eigenvalue weighted by Gasteiger charge is 2.27. The normalized spacial score (nSPS) is 14.0. The van der Waals surface area contributed by atoms with E-state index in [2.05, 4.69) is 5.92 Å². The number of phenols is 1. The smallest absolute Gasteiger partial charge is 0.258 e. The zero-order valence-corrected chi connectivity index (χ0v) is 10.5. The predicted octanol–water partition coefficient (Wildman–Crippen LogP) is 2.19. The van der Waals surface area contributed by atoms with Crippen molar-refractivity contribution in [1.29, 1.82) is 0 Å². The van der Waals surface area contributed by atoms with Gasteiger partial charge in [0.25, 0.3) is 5.91 Å². The Labute approximate surface area is 107 Å². The maximum absolute atomic E-state index is 12.3. The Morgan fingerprint density at radius 2 is 2.28 bits per heavy atom. The van der Waals surface area contributed by atoms with Crippen LogP contribution >= 0.6 is 0 Å². The number of aromatic hydroxyl groups is 1. The first-order valence-electron chi connectivity index (χ1n) is 6.14. The summed E-state index contributed by atoms with van der Waals surface area (Å²) in [5.74, 6) is 2.92. The molecule has 1 saturated carbocycles. The van der Waals surface area contributed by atoms with Crippen LogP contribution in [0.1, 0.15) is 28.8 Å². The summed E-state index contributed by atoms with van der Waals surface area (Å²) in [6.45, 7) is 2.88. The zero-order chi connectivity index (χ0) is 13.1. The van der Waals surface area contributed by atoms with Gasteiger partial charge in [0.05, 0.1) is 12.1 Å². The molecule has 1 aromatic rings. The van der Waals surface area contributed by atoms with E-state index in [1.54, 1.807) is 23.1 Å². The molecule has 1 aliphatic rings. The van der Waals surface area contributed by atoms with Crippen LogP contribution in [-0.2, 0) is 0 Å². The number of amides is 1. The highest BCUT2D eigenvalue weighted by molar-refractivity contribution is 5.97. The molecule has 1 N–H and O–H groups in total. The Bertz CT molecular complexity index is 498. The molecule has 0 atom stereocenters. The molecular weight excluding hydrogens is 226 g/mol. The second kappa shape index (κ2) is 5.14. The van der Waals surface area contributed by atoms with E-state index in [4.69, 9.17) is 6.42 Å². The minimum absolute atomic E-state index is 0.0171. The Kier molecular flexibility index (Phi) is 3.57. The molecule has 0 unspecified atom stereocenters. The molecule has 3 heteroatoms. The standard InChI is InChI=1S/C15H17NO2/c1-3-8-16(10-12-5-6-12)15(18)13-9-11(2)4-7-14(13)17/h1,4,7,9,12,17H,5-6,8,10H2,2H3. The highest BCUT2D eigenvalue weighted by atomic mass is 16.3. The largest absolute Gasteiger partial charge is 0.507 e. The number of terminal acetylenes is 1. The second-order valence-electron chi connectivity index (χ2n) is 4.85. The Hall–Kier alpha value is -1.95. The average Bonchev–Trinajstić information content (AvgIpc) is 3.15. The first-order valence-corrected chi connectivity index (χ1v) is 6.14. The molecule has 0 aromatic heterocycles. The molecule has 1 aromatic carbocycles. The van der Waals surface area contributed by atoms with Crippen molar-refractivity contribution in [3.63, 3.8) is 0 Å². The third kappa shape index (κ3) is 2.84. The third-order valence-electron chi connectivity index (χ3n) is 3.13. The van der Waals surface area contributed by atoms with Crippen molar-refractivity contribution in [2.45, 2.75) is 19.8 Å². The number of phenolic OH excluding ortho intramolecular Hbond substituents is 1. The van der Waals surface area contributed by atoms with Gasteiger partial charge in [0.1, 0.15) is 5.75 Å². The summed E-state index contributed by atoms with van der Waals surface area (Å²) < 4.78 is 0. The summed E-state index contributed by atoms with van der Waals surface area (Å²) in [4.78, 5) is 14.0. The van der Waals surface area contributed by atoms with E-state index in [1.165, 1.54) is 0 Å². The predicted molar refractivity (Wildman–Crippen MR) is 70.3 cm³/mol. The van der Waals surface area contributed by atoms with Crippen molar-refractivity contribution >= 4 is 5.91 Å². The lowest BCUT2D eigenvalue weighted by Crippen LogP contribution is -2.33. The summed E-state index contributed by atoms with van der Waals surface area (Å²) in [5.41, 5.74) is 1.29. The van der Waals surface area contributed by atoms with Gasteiger partial charge in [-0.1, -0.05) is 17.6 Å². The lowest BCUT2D eigenvalue weighted by molar-refractivity contribution is 0.0766. The van der Waals surface area contributed by atoms with Crippen molar-refractivity contribution in [2.75, 3.05) is 13.1 Å². The summed E-state index contributed by atoms with van der Waals surface area (Å²) >= 11 is 0. The molecule has 1 amide bonds. The topological polar surface area (TPSA) is 40.5 Å². The first kappa shape index (κ1) is 12.5. The summed E-state index contributed by atoms with van der Waals surface area (Å²) in [7, 11) is 0. The molecule has 18 heavy (non-hydrogen) atoms. The molecule has 2 rings (SSSR count). The quantitative estimate of drug-likeness (QED) is 0.823. The maximum atomic E-state index is 12.3. The molecule has 0 saturated heterocycles. The van der Waals surface area contributed by atoms with Crippen molar-refractivity contribution in [2.24, 2.45) is 5.92 Å². The summed E-state index contributed by atoms with van der Waals surface area (Å²) in [6.07, 6.45) is 7.62. The molecule has 0 spiro atoms. The van der Waals surface area contributed by atoms with Gasteiger partial charge in [-0.05, 0) is 37.8 Å². The van der Waals surface area contributed by atoms with Gasteiger partial charge >= 0.3 is 0 Å². The molecule has 94 valence electrons. The van der Waals surface area contributed by atoms with Gasteiger partial charge in [0, 0.05) is 6.54 Å². The van der Waals surface area contributed by atoms with Gasteiger partial charge in [0.15, 0.2) is 0 Å². The number of hydrogen-bond donors (Lipinski definition) is 1. The van der Waals surface area contributed by atoms with Gasteiger partial charge in [-0.3, -0.25) is 4.79 Å². The van der Waals surface area contributed by atoms with Crippen molar-refractivity contribution in [1.82, 2.24) is 4.90 Å². The number of carbonyl (C=O) groups is 1. The lowest BCUT2D eigenvalue weighted by Gasteiger charge is -2.20. The van der Waals surface area contributed by atoms with Crippen LogP contribution in [-0.4, -0.2) is 29.0 Å². The average molecular weight is 243 g/mol. The Balaban J connectivity index is 2.20. The summed E-state index contributed by atoms with van der Waals surface area (Å²) in [6, 6.07) is 5.03. The highest BCUT2D eigenvalue weighted by Crippen LogP contribution is 2.30. The fourth-order valence-electron chi connectivity index (χ4n) is 1.93. The van der Waals surface area contributed by atoms with E-state index in [0.29, 0.717) is 24.6 Å². The number of carbonyl (C=O) groups excluding carboxylic acids is 1. The van der Waals surface area contributed by atoms with Crippen LogP contribution < -0.4 is 0 Å². The van der Waals surface area contributed by atoms with E-state index < -0.39 is 0 Å². The monoisotopic (exact) mass is 243 g/mol. The minimum Gasteiger partial charge on any atom is -0.507 e. The molecular formula is C15H17NO2. The molecule has 0 heterocycles. The van der Waals surface area contributed by atoms with Crippen LogP contribution in [0.4, 0.5) is 0 Å². The van der Waals surface area contributed by atoms with Gasteiger partial charge in [-0.2, -0.15) is 0 Å². The SMILES string of the molecule is C#CCN(CC1CC1)C(=O)c1cc(C)ccc1O. The van der Waals surface area contributed by atoms with Gasteiger partial charge in [0.2, 0.25) is 0 Å². The van der Waals surface area contributed by atoms with Crippen LogP contribution in [0.2, 0.25) is 0 Å². The molecule has 0 bridgehead atoms. The fourth-order valence-corrected chi connectivity index (χ4v) is 1.93. The van der Waals surface area contributed by atoms with Gasteiger partial charge in [-0.15, -0.1) is 6.42 Å². The van der Waals surface area contributed by atoms with E-state index in [9.17, 15) is 9.90 Å². The Morgan fingerprint density at radius 3 is 2.89 bits per heavy atom. The maximum Gasteiger partial charge on any atom is 0.258 e. The number of benzene rings is 1. The third-order valence-corrected chi connectivity index (χ3v) is 3.13. The zero-order valence-electron chi connectivity index (χ0n) is 10.5. The van der Waals surface area contributed by atoms with E-state index in [1.807, 2.05) is 6.92 Å². The van der Waals surface area contributed by atoms with Gasteiger partial charge < -0.3 is 10.0 Å². The number of aryl methyl sites for hydroxylation is 1. The minimum atomic E-state index is -0.180. The summed E-state index contributed by atoms with van der Waals surface area (Å²) in [5, 5.41) is 9.77. The van der Waals surface area contributed by atoms with E-state index in [-0.39, 0.29) is 11.7 Å².